The van der Waals surface area contributed by atoms with Crippen LogP contribution in [0.2, 0.25) is 0 Å². The number of hydrogen-bond acceptors (Lipinski definition) is 6. The van der Waals surface area contributed by atoms with Crippen molar-refractivity contribution in [3.8, 4) is 0 Å². The summed E-state index contributed by atoms with van der Waals surface area (Å²) in [7, 11) is 0. The molecule has 0 radical (unpaired) electrons. The molecule has 2 amide bonds. The van der Waals surface area contributed by atoms with Gasteiger partial charge in [0.1, 0.15) is 23.5 Å². The Labute approximate surface area is 177 Å². The van der Waals surface area contributed by atoms with E-state index in [0.717, 1.165) is 33.2 Å². The Morgan fingerprint density at radius 1 is 0.871 bits per heavy atom. The average Bonchev–Trinajstić information content (AvgIpc) is 3.00. The van der Waals surface area contributed by atoms with Gasteiger partial charge in [0, 0.05) is 28.3 Å². The maximum atomic E-state index is 12.6. The van der Waals surface area contributed by atoms with Crippen LogP contribution in [0.4, 0.5) is 0 Å². The van der Waals surface area contributed by atoms with Gasteiger partial charge in [0.15, 0.2) is 0 Å². The van der Waals surface area contributed by atoms with Crippen LogP contribution in [0.5, 0.6) is 0 Å². The van der Waals surface area contributed by atoms with Crippen molar-refractivity contribution in [1.82, 2.24) is 10.6 Å². The highest BCUT2D eigenvalue weighted by atomic mass is 16.4. The molecule has 0 aliphatic rings. The maximum absolute atomic E-state index is 12.6. The number of rotatable bonds is 7. The van der Waals surface area contributed by atoms with Crippen LogP contribution in [0.15, 0.2) is 19.7 Å². The first-order valence-corrected chi connectivity index (χ1v) is 9.81. The summed E-state index contributed by atoms with van der Waals surface area (Å²) in [4.78, 5) is 46.6. The number of fused-ring (bicyclic) bond motifs is 2. The Balaban J connectivity index is 1.80. The number of aliphatic carboxylic acids is 1. The zero-order valence-corrected chi connectivity index (χ0v) is 17.8. The van der Waals surface area contributed by atoms with Crippen LogP contribution in [0, 0.1) is 27.7 Å². The molecule has 1 aromatic carbocycles. The van der Waals surface area contributed by atoms with Gasteiger partial charge in [0.2, 0.25) is 11.8 Å². The number of benzene rings is 1. The molecule has 31 heavy (non-hydrogen) atoms. The molecule has 3 aromatic rings. The summed E-state index contributed by atoms with van der Waals surface area (Å²) >= 11 is 0. The fourth-order valence-electron chi connectivity index (χ4n) is 3.52. The first kappa shape index (κ1) is 22.1. The van der Waals surface area contributed by atoms with E-state index in [-0.39, 0.29) is 19.4 Å². The second-order valence-corrected chi connectivity index (χ2v) is 7.48. The van der Waals surface area contributed by atoms with E-state index in [1.807, 2.05) is 33.8 Å². The van der Waals surface area contributed by atoms with E-state index in [9.17, 15) is 19.2 Å². The molecule has 2 heterocycles. The van der Waals surface area contributed by atoms with E-state index in [2.05, 4.69) is 10.6 Å². The van der Waals surface area contributed by atoms with E-state index in [4.69, 9.17) is 13.9 Å². The number of carbonyl (C=O) groups is 3. The standard InChI is InChI=1S/C22H24N2O7/c1-10-13(4)30-20-12(3)21-16(7-15(10)20)11(2)14(22(29)31-21)5-6-17(25)23-8-18(26)24-9-19(27)28/h7H,5-6,8-9H2,1-4H3,(H,23,25)(H,24,26)(H,27,28). The molecule has 9 heteroatoms. The average molecular weight is 428 g/mol. The van der Waals surface area contributed by atoms with Crippen LogP contribution in [0.1, 0.15) is 34.4 Å². The highest BCUT2D eigenvalue weighted by Gasteiger charge is 2.19. The Morgan fingerprint density at radius 2 is 1.48 bits per heavy atom. The first-order chi connectivity index (χ1) is 14.6. The van der Waals surface area contributed by atoms with Gasteiger partial charge in [-0.05, 0) is 51.3 Å². The normalized spacial score (nSPS) is 11.1. The number of carboxylic acids is 1. The van der Waals surface area contributed by atoms with Crippen molar-refractivity contribution in [2.75, 3.05) is 13.1 Å². The van der Waals surface area contributed by atoms with Crippen molar-refractivity contribution in [3.63, 3.8) is 0 Å². The van der Waals surface area contributed by atoms with Crippen molar-refractivity contribution in [1.29, 1.82) is 0 Å². The lowest BCUT2D eigenvalue weighted by Gasteiger charge is -2.10. The van der Waals surface area contributed by atoms with Crippen LogP contribution in [-0.4, -0.2) is 36.0 Å². The van der Waals surface area contributed by atoms with Crippen molar-refractivity contribution in [3.05, 3.63) is 44.5 Å². The molecule has 9 nitrogen and oxygen atoms in total. The van der Waals surface area contributed by atoms with Crippen molar-refractivity contribution in [2.24, 2.45) is 0 Å². The fraction of sp³-hybridized carbons (Fsp3) is 0.364. The van der Waals surface area contributed by atoms with Crippen LogP contribution in [0.25, 0.3) is 21.9 Å². The molecule has 0 atom stereocenters. The van der Waals surface area contributed by atoms with Crippen LogP contribution in [-0.2, 0) is 20.8 Å². The number of nitrogens with one attached hydrogen (secondary N) is 2. The molecular formula is C22H24N2O7. The number of carboxylic acid groups (broad SMARTS) is 1. The predicted molar refractivity (Wildman–Crippen MR) is 113 cm³/mol. The molecule has 0 saturated carbocycles. The van der Waals surface area contributed by atoms with Gasteiger partial charge < -0.3 is 24.6 Å². The van der Waals surface area contributed by atoms with Gasteiger partial charge in [-0.25, -0.2) is 4.79 Å². The summed E-state index contributed by atoms with van der Waals surface area (Å²) in [6, 6.07) is 1.94. The summed E-state index contributed by atoms with van der Waals surface area (Å²) in [6.45, 7) is 6.66. The van der Waals surface area contributed by atoms with Gasteiger partial charge in [-0.2, -0.15) is 0 Å². The summed E-state index contributed by atoms with van der Waals surface area (Å²) in [6.07, 6.45) is 0.127. The highest BCUT2D eigenvalue weighted by molar-refractivity contribution is 6.00. The molecule has 0 saturated heterocycles. The number of hydrogen-bond donors (Lipinski definition) is 3. The SMILES string of the molecule is Cc1oc2c(C)c3oc(=O)c(CCC(=O)NCC(=O)NCC(=O)O)c(C)c3cc2c1C. The molecule has 0 aliphatic carbocycles. The molecule has 164 valence electrons. The highest BCUT2D eigenvalue weighted by Crippen LogP contribution is 2.34. The van der Waals surface area contributed by atoms with E-state index >= 15 is 0 Å². The summed E-state index contributed by atoms with van der Waals surface area (Å²) < 4.78 is 11.4. The third-order valence-corrected chi connectivity index (χ3v) is 5.43. The zero-order valence-electron chi connectivity index (χ0n) is 17.8. The monoisotopic (exact) mass is 428 g/mol. The van der Waals surface area contributed by atoms with Gasteiger partial charge >= 0.3 is 11.6 Å². The molecule has 0 aliphatic heterocycles. The van der Waals surface area contributed by atoms with Crippen molar-refractivity contribution < 1.29 is 28.3 Å². The molecule has 0 bridgehead atoms. The Kier molecular flexibility index (Phi) is 6.14. The molecular weight excluding hydrogens is 404 g/mol. The van der Waals surface area contributed by atoms with E-state index < -0.39 is 30.0 Å². The topological polar surface area (TPSA) is 139 Å². The first-order valence-electron chi connectivity index (χ1n) is 9.81. The largest absolute Gasteiger partial charge is 0.480 e. The van der Waals surface area contributed by atoms with Gasteiger partial charge in [0.05, 0.1) is 6.54 Å². The molecule has 2 aromatic heterocycles. The van der Waals surface area contributed by atoms with Crippen molar-refractivity contribution >= 4 is 39.7 Å². The van der Waals surface area contributed by atoms with Crippen LogP contribution >= 0.6 is 0 Å². The van der Waals surface area contributed by atoms with Gasteiger partial charge in [-0.3, -0.25) is 14.4 Å². The van der Waals surface area contributed by atoms with Gasteiger partial charge in [-0.15, -0.1) is 0 Å². The predicted octanol–water partition coefficient (Wildman–Crippen LogP) is 2.02. The summed E-state index contributed by atoms with van der Waals surface area (Å²) in [5.74, 6) is -1.41. The third kappa shape index (κ3) is 4.45. The quantitative estimate of drug-likeness (QED) is 0.489. The molecule has 3 rings (SSSR count). The minimum absolute atomic E-state index is 0.0195. The number of amides is 2. The molecule has 0 spiro atoms. The van der Waals surface area contributed by atoms with Crippen LogP contribution in [0.3, 0.4) is 0 Å². The fourth-order valence-corrected chi connectivity index (χ4v) is 3.52. The Bertz CT molecular complexity index is 1270. The molecule has 3 N–H and O–H groups in total. The summed E-state index contributed by atoms with van der Waals surface area (Å²) in [5.41, 5.74) is 3.55. The van der Waals surface area contributed by atoms with Gasteiger partial charge in [0.25, 0.3) is 0 Å². The second-order valence-electron chi connectivity index (χ2n) is 7.48. The van der Waals surface area contributed by atoms with E-state index in [0.29, 0.717) is 16.7 Å². The number of aryl methyl sites for hydroxylation is 4. The lowest BCUT2D eigenvalue weighted by molar-refractivity contribution is -0.137. The molecule has 0 unspecified atom stereocenters. The molecule has 0 fully saturated rings. The minimum atomic E-state index is -1.17. The van der Waals surface area contributed by atoms with E-state index in [1.54, 1.807) is 0 Å². The lowest BCUT2D eigenvalue weighted by Crippen LogP contribution is -2.39. The third-order valence-electron chi connectivity index (χ3n) is 5.43. The number of furan rings is 1. The zero-order chi connectivity index (χ0) is 22.9. The van der Waals surface area contributed by atoms with Gasteiger partial charge in [-0.1, -0.05) is 0 Å². The maximum Gasteiger partial charge on any atom is 0.339 e. The number of carbonyl (C=O) groups excluding carboxylic acids is 2. The minimum Gasteiger partial charge on any atom is -0.480 e. The summed E-state index contributed by atoms with van der Waals surface area (Å²) in [5, 5.41) is 14.8. The van der Waals surface area contributed by atoms with E-state index in [1.165, 1.54) is 0 Å². The van der Waals surface area contributed by atoms with Crippen molar-refractivity contribution in [2.45, 2.75) is 40.5 Å². The smallest absolute Gasteiger partial charge is 0.339 e. The lowest BCUT2D eigenvalue weighted by atomic mass is 9.98. The Morgan fingerprint density at radius 3 is 2.16 bits per heavy atom. The second kappa shape index (κ2) is 8.63. The van der Waals surface area contributed by atoms with Crippen LogP contribution < -0.4 is 16.3 Å². The Hall–Kier alpha value is -3.62.